The molecule has 0 atom stereocenters. The molecule has 0 saturated carbocycles. The van der Waals surface area contributed by atoms with Crippen molar-refractivity contribution in [1.82, 2.24) is 15.1 Å². The lowest BCUT2D eigenvalue weighted by atomic mass is 10.1. The topological polar surface area (TPSA) is 61.8 Å². The first-order valence-corrected chi connectivity index (χ1v) is 9.84. The molecule has 1 amide bonds. The number of benzene rings is 1. The van der Waals surface area contributed by atoms with Crippen molar-refractivity contribution in [2.75, 3.05) is 56.2 Å². The molecule has 0 aliphatic carbocycles. The molecule has 0 N–H and O–H groups in total. The maximum absolute atomic E-state index is 14.4. The molecule has 3 heterocycles. The van der Waals surface area contributed by atoms with Crippen molar-refractivity contribution in [2.24, 2.45) is 0 Å². The zero-order chi connectivity index (χ0) is 21.3. The largest absolute Gasteiger partial charge is 0.491 e. The van der Waals surface area contributed by atoms with Crippen LogP contribution in [-0.4, -0.2) is 67.4 Å². The van der Waals surface area contributed by atoms with E-state index >= 15 is 0 Å². The summed E-state index contributed by atoms with van der Waals surface area (Å²) in [6, 6.07) is 4.41. The van der Waals surface area contributed by atoms with Gasteiger partial charge in [0.15, 0.2) is 29.0 Å². The molecular weight excluding hydrogens is 399 g/mol. The van der Waals surface area contributed by atoms with Crippen LogP contribution in [0.25, 0.3) is 0 Å². The van der Waals surface area contributed by atoms with E-state index in [2.05, 4.69) is 19.8 Å². The monoisotopic (exact) mass is 421 g/mol. The summed E-state index contributed by atoms with van der Waals surface area (Å²) in [5.41, 5.74) is -0.547. The van der Waals surface area contributed by atoms with Gasteiger partial charge in [0.2, 0.25) is 5.82 Å². The Bertz CT molecular complexity index is 927. The number of piperazine rings is 1. The van der Waals surface area contributed by atoms with Gasteiger partial charge in [-0.05, 0) is 31.0 Å². The second-order valence-electron chi connectivity index (χ2n) is 7.29. The van der Waals surface area contributed by atoms with Crippen LogP contribution in [0.2, 0.25) is 0 Å². The number of methoxy groups -OCH3 is 1. The highest BCUT2D eigenvalue weighted by molar-refractivity contribution is 5.95. The fraction of sp³-hybridized carbons (Fsp3) is 0.450. The summed E-state index contributed by atoms with van der Waals surface area (Å²) < 4.78 is 46.4. The highest BCUT2D eigenvalue weighted by atomic mass is 19.2. The van der Waals surface area contributed by atoms with Crippen molar-refractivity contribution in [3.05, 3.63) is 41.2 Å². The molecule has 2 aliphatic rings. The fourth-order valence-corrected chi connectivity index (χ4v) is 3.83. The van der Waals surface area contributed by atoms with Gasteiger partial charge in [0.05, 0.1) is 12.7 Å². The van der Waals surface area contributed by atoms with Crippen LogP contribution in [0, 0.1) is 17.5 Å². The second kappa shape index (κ2) is 8.37. The first-order chi connectivity index (χ1) is 14.5. The van der Waals surface area contributed by atoms with Crippen molar-refractivity contribution >= 4 is 17.5 Å². The number of ether oxygens (including phenoxy) is 1. The van der Waals surface area contributed by atoms with Crippen molar-refractivity contribution < 1.29 is 22.7 Å². The lowest BCUT2D eigenvalue weighted by molar-refractivity contribution is 0.0740. The van der Waals surface area contributed by atoms with Crippen LogP contribution in [0.15, 0.2) is 18.2 Å². The minimum absolute atomic E-state index is 0.287. The molecule has 4 rings (SSSR count). The molecule has 30 heavy (non-hydrogen) atoms. The quantitative estimate of drug-likeness (QED) is 0.707. The van der Waals surface area contributed by atoms with Crippen molar-refractivity contribution in [1.29, 1.82) is 0 Å². The Balaban J connectivity index is 1.42. The van der Waals surface area contributed by atoms with Crippen LogP contribution in [0.3, 0.4) is 0 Å². The lowest BCUT2D eigenvalue weighted by Crippen LogP contribution is -2.49. The van der Waals surface area contributed by atoms with Crippen molar-refractivity contribution in [3.8, 4) is 5.75 Å². The molecule has 2 aromatic rings. The van der Waals surface area contributed by atoms with Crippen LogP contribution in [0.1, 0.15) is 23.2 Å². The zero-order valence-electron chi connectivity index (χ0n) is 16.6. The highest BCUT2D eigenvalue weighted by Crippen LogP contribution is 2.28. The number of aromatic nitrogens is 2. The van der Waals surface area contributed by atoms with E-state index < -0.39 is 34.7 Å². The second-order valence-corrected chi connectivity index (χ2v) is 7.29. The summed E-state index contributed by atoms with van der Waals surface area (Å²) in [6.07, 6.45) is 2.31. The van der Waals surface area contributed by atoms with Gasteiger partial charge in [-0.1, -0.05) is 0 Å². The SMILES string of the molecule is COc1c(F)c(F)cc(C(=O)N2CCN(c3ccc(N4CCCC4)nn3)CC2)c1F. The van der Waals surface area contributed by atoms with Gasteiger partial charge in [-0.15, -0.1) is 10.2 Å². The molecular formula is C20H22F3N5O2. The summed E-state index contributed by atoms with van der Waals surface area (Å²) in [7, 11) is 1.02. The van der Waals surface area contributed by atoms with E-state index in [0.717, 1.165) is 38.9 Å². The third-order valence-corrected chi connectivity index (χ3v) is 5.51. The summed E-state index contributed by atoms with van der Waals surface area (Å²) in [5.74, 6) is -4.04. The third kappa shape index (κ3) is 3.73. The number of halogens is 3. The first-order valence-electron chi connectivity index (χ1n) is 9.84. The van der Waals surface area contributed by atoms with Gasteiger partial charge >= 0.3 is 0 Å². The van der Waals surface area contributed by atoms with Crippen molar-refractivity contribution in [3.63, 3.8) is 0 Å². The van der Waals surface area contributed by atoms with Gasteiger partial charge < -0.3 is 19.4 Å². The Morgan fingerprint density at radius 1 is 0.900 bits per heavy atom. The Morgan fingerprint density at radius 2 is 1.47 bits per heavy atom. The molecule has 1 aromatic heterocycles. The number of carbonyl (C=O) groups is 1. The smallest absolute Gasteiger partial charge is 0.257 e. The van der Waals surface area contributed by atoms with E-state index in [0.29, 0.717) is 25.0 Å². The van der Waals surface area contributed by atoms with Gasteiger partial charge in [0, 0.05) is 39.3 Å². The average Bonchev–Trinajstić information content (AvgIpc) is 3.31. The Kier molecular flexibility index (Phi) is 5.65. The van der Waals surface area contributed by atoms with E-state index in [-0.39, 0.29) is 13.1 Å². The summed E-state index contributed by atoms with van der Waals surface area (Å²) >= 11 is 0. The van der Waals surface area contributed by atoms with E-state index in [4.69, 9.17) is 0 Å². The number of hydrogen-bond donors (Lipinski definition) is 0. The van der Waals surface area contributed by atoms with Gasteiger partial charge in [-0.25, -0.2) is 8.78 Å². The van der Waals surface area contributed by atoms with E-state index in [1.165, 1.54) is 4.90 Å². The van der Waals surface area contributed by atoms with Gasteiger partial charge in [0.25, 0.3) is 5.91 Å². The van der Waals surface area contributed by atoms with Crippen LogP contribution in [0.4, 0.5) is 24.8 Å². The molecule has 160 valence electrons. The zero-order valence-corrected chi connectivity index (χ0v) is 16.6. The maximum atomic E-state index is 14.4. The standard InChI is InChI=1S/C20H22F3N5O2/c1-30-19-17(22)13(12-14(21)18(19)23)20(29)28-10-8-27(9-11-28)16-5-4-15(24-25-16)26-6-2-3-7-26/h4-5,12H,2-3,6-11H2,1H3. The molecule has 0 spiro atoms. The molecule has 0 unspecified atom stereocenters. The highest BCUT2D eigenvalue weighted by Gasteiger charge is 2.29. The molecule has 7 nitrogen and oxygen atoms in total. The van der Waals surface area contributed by atoms with Crippen molar-refractivity contribution in [2.45, 2.75) is 12.8 Å². The maximum Gasteiger partial charge on any atom is 0.257 e. The number of nitrogens with zero attached hydrogens (tertiary/aromatic N) is 5. The summed E-state index contributed by atoms with van der Waals surface area (Å²) in [6.45, 7) is 3.47. The summed E-state index contributed by atoms with van der Waals surface area (Å²) in [5, 5.41) is 8.60. The molecule has 1 aromatic carbocycles. The molecule has 0 radical (unpaired) electrons. The average molecular weight is 421 g/mol. The van der Waals surface area contributed by atoms with Gasteiger partial charge in [-0.2, -0.15) is 4.39 Å². The predicted molar refractivity (Wildman–Crippen MR) is 104 cm³/mol. The van der Waals surface area contributed by atoms with Crippen LogP contribution in [0.5, 0.6) is 5.75 Å². The first kappa shape index (κ1) is 20.2. The molecule has 2 saturated heterocycles. The lowest BCUT2D eigenvalue weighted by Gasteiger charge is -2.35. The number of carbonyl (C=O) groups excluding carboxylic acids is 1. The van der Waals surface area contributed by atoms with Crippen LogP contribution < -0.4 is 14.5 Å². The number of hydrogen-bond acceptors (Lipinski definition) is 6. The molecule has 0 bridgehead atoms. The minimum Gasteiger partial charge on any atom is -0.491 e. The Labute approximate surface area is 172 Å². The predicted octanol–water partition coefficient (Wildman–Crippen LogP) is 2.47. The number of rotatable bonds is 4. The van der Waals surface area contributed by atoms with Gasteiger partial charge in [-0.3, -0.25) is 4.79 Å². The van der Waals surface area contributed by atoms with Crippen LogP contribution in [-0.2, 0) is 0 Å². The minimum atomic E-state index is -1.45. The van der Waals surface area contributed by atoms with Crippen LogP contribution >= 0.6 is 0 Å². The molecule has 2 aliphatic heterocycles. The number of anilines is 2. The third-order valence-electron chi connectivity index (χ3n) is 5.51. The Hall–Kier alpha value is -3.04. The summed E-state index contributed by atoms with van der Waals surface area (Å²) in [4.78, 5) is 18.2. The normalized spacial score (nSPS) is 16.9. The van der Waals surface area contributed by atoms with E-state index in [1.807, 2.05) is 17.0 Å². The fourth-order valence-electron chi connectivity index (χ4n) is 3.83. The molecule has 2 fully saturated rings. The molecule has 10 heteroatoms. The Morgan fingerprint density at radius 3 is 2.00 bits per heavy atom. The number of amides is 1. The van der Waals surface area contributed by atoms with E-state index in [1.54, 1.807) is 0 Å². The van der Waals surface area contributed by atoms with Gasteiger partial charge in [0.1, 0.15) is 0 Å². The van der Waals surface area contributed by atoms with E-state index in [9.17, 15) is 18.0 Å².